The first-order valence-electron chi connectivity index (χ1n) is 9.44. The van der Waals surface area contributed by atoms with Gasteiger partial charge in [0.1, 0.15) is 16.9 Å². The van der Waals surface area contributed by atoms with E-state index in [-0.39, 0.29) is 11.2 Å². The number of rotatable bonds is 7. The number of carbonyl (C=O) groups excluding carboxylic acids is 1. The fraction of sp³-hybridized carbons (Fsp3) is 0.500. The zero-order chi connectivity index (χ0) is 19.2. The first-order chi connectivity index (χ1) is 13.1. The summed E-state index contributed by atoms with van der Waals surface area (Å²) in [5.41, 5.74) is 2.81. The van der Waals surface area contributed by atoms with Crippen molar-refractivity contribution in [3.63, 3.8) is 0 Å². The lowest BCUT2D eigenvalue weighted by molar-refractivity contribution is -0.115. The van der Waals surface area contributed by atoms with Gasteiger partial charge in [0, 0.05) is 11.8 Å². The fourth-order valence-corrected chi connectivity index (χ4v) is 4.30. The summed E-state index contributed by atoms with van der Waals surface area (Å²) in [7, 11) is 0. The lowest BCUT2D eigenvalue weighted by Gasteiger charge is -2.19. The number of nitrogens with one attached hydrogen (secondary N) is 1. The first kappa shape index (κ1) is 19.4. The maximum atomic E-state index is 12.8. The van der Waals surface area contributed by atoms with Crippen LogP contribution in [-0.2, 0) is 17.6 Å². The third-order valence-corrected chi connectivity index (χ3v) is 5.90. The smallest absolute Gasteiger partial charge is 0.239 e. The van der Waals surface area contributed by atoms with Gasteiger partial charge in [0.2, 0.25) is 5.91 Å². The van der Waals surface area contributed by atoms with Crippen molar-refractivity contribution in [2.45, 2.75) is 69.1 Å². The van der Waals surface area contributed by atoms with Crippen LogP contribution in [0.2, 0.25) is 0 Å². The highest BCUT2D eigenvalue weighted by Crippen LogP contribution is 2.32. The zero-order valence-electron chi connectivity index (χ0n) is 15.7. The number of thioether (sulfide) groups is 1. The number of unbranched alkanes of at least 4 members (excludes halogenated alkanes) is 1. The Balaban J connectivity index is 1.81. The van der Waals surface area contributed by atoms with Crippen molar-refractivity contribution in [1.82, 2.24) is 10.1 Å². The van der Waals surface area contributed by atoms with Crippen LogP contribution >= 0.6 is 11.8 Å². The minimum atomic E-state index is -0.330. The number of nitrogens with zero attached hydrogens (tertiary/aromatic N) is 3. The fourth-order valence-electron chi connectivity index (χ4n) is 3.18. The van der Waals surface area contributed by atoms with Gasteiger partial charge in [-0.1, -0.05) is 36.7 Å². The van der Waals surface area contributed by atoms with Crippen molar-refractivity contribution in [2.75, 3.05) is 5.32 Å². The monoisotopic (exact) mass is 384 g/mol. The number of aromatic nitrogens is 2. The van der Waals surface area contributed by atoms with E-state index < -0.39 is 0 Å². The third kappa shape index (κ3) is 4.89. The Labute approximate surface area is 163 Å². The van der Waals surface area contributed by atoms with Crippen molar-refractivity contribution in [2.24, 2.45) is 0 Å². The normalized spacial score (nSPS) is 14.3. The summed E-state index contributed by atoms with van der Waals surface area (Å²) in [6.07, 6.45) is 6.83. The molecular weight excluding hydrogens is 360 g/mol. The van der Waals surface area contributed by atoms with E-state index in [9.17, 15) is 10.1 Å². The van der Waals surface area contributed by atoms with E-state index in [1.807, 2.05) is 6.07 Å². The predicted molar refractivity (Wildman–Crippen MR) is 105 cm³/mol. The van der Waals surface area contributed by atoms with Crippen LogP contribution in [0.4, 0.5) is 5.82 Å². The molecule has 1 unspecified atom stereocenters. The summed E-state index contributed by atoms with van der Waals surface area (Å²) in [4.78, 5) is 17.5. The molecule has 27 heavy (non-hydrogen) atoms. The molecule has 142 valence electrons. The van der Waals surface area contributed by atoms with E-state index in [1.54, 1.807) is 13.0 Å². The summed E-state index contributed by atoms with van der Waals surface area (Å²) in [6.45, 7) is 3.88. The van der Waals surface area contributed by atoms with Crippen LogP contribution in [0, 0.1) is 18.3 Å². The van der Waals surface area contributed by atoms with Crippen LogP contribution in [0.25, 0.3) is 0 Å². The number of hydrogen-bond acceptors (Lipinski definition) is 6. The molecule has 1 N–H and O–H groups in total. The molecule has 2 aromatic heterocycles. The van der Waals surface area contributed by atoms with Gasteiger partial charge in [-0.15, -0.1) is 0 Å². The standard InChI is InChI=1S/C20H24N4O2S/c1-3-4-9-17(19(25)23-18-10-13(2)26-24-18)27-20-15(12-21)11-14-7-5-6-8-16(14)22-20/h10-11,17H,3-9H2,1-2H3,(H,23,24,25). The molecule has 1 aliphatic carbocycles. The molecule has 0 fully saturated rings. The van der Waals surface area contributed by atoms with Gasteiger partial charge in [-0.05, 0) is 50.7 Å². The molecule has 0 saturated carbocycles. The molecule has 0 bridgehead atoms. The molecular formula is C20H24N4O2S. The Kier molecular flexibility index (Phi) is 6.51. The van der Waals surface area contributed by atoms with Crippen LogP contribution in [0.3, 0.4) is 0 Å². The number of pyridine rings is 1. The van der Waals surface area contributed by atoms with Gasteiger partial charge in [0.25, 0.3) is 0 Å². The topological polar surface area (TPSA) is 91.8 Å². The average molecular weight is 385 g/mol. The second kappa shape index (κ2) is 9.05. The van der Waals surface area contributed by atoms with Gasteiger partial charge in [-0.2, -0.15) is 5.26 Å². The summed E-state index contributed by atoms with van der Waals surface area (Å²) < 4.78 is 5.02. The van der Waals surface area contributed by atoms with Crippen molar-refractivity contribution in [1.29, 1.82) is 5.26 Å². The summed E-state index contributed by atoms with van der Waals surface area (Å²) >= 11 is 1.38. The average Bonchev–Trinajstić information content (AvgIpc) is 3.08. The number of nitriles is 1. The van der Waals surface area contributed by atoms with Crippen LogP contribution < -0.4 is 5.32 Å². The lowest BCUT2D eigenvalue weighted by Crippen LogP contribution is -2.25. The highest BCUT2D eigenvalue weighted by molar-refractivity contribution is 8.00. The number of carbonyl (C=O) groups is 1. The maximum absolute atomic E-state index is 12.8. The minimum Gasteiger partial charge on any atom is -0.360 e. The van der Waals surface area contributed by atoms with Crippen LogP contribution in [0.1, 0.15) is 61.6 Å². The second-order valence-electron chi connectivity index (χ2n) is 6.83. The predicted octanol–water partition coefficient (Wildman–Crippen LogP) is 4.42. The summed E-state index contributed by atoms with van der Waals surface area (Å²) in [5, 5.41) is 16.5. The summed E-state index contributed by atoms with van der Waals surface area (Å²) in [5.74, 6) is 0.926. The van der Waals surface area contributed by atoms with Crippen LogP contribution in [0.15, 0.2) is 21.7 Å². The Morgan fingerprint density at radius 2 is 2.22 bits per heavy atom. The van der Waals surface area contributed by atoms with Gasteiger partial charge in [0.05, 0.1) is 10.8 Å². The molecule has 3 rings (SSSR count). The number of aryl methyl sites for hydroxylation is 3. The van der Waals surface area contributed by atoms with Crippen LogP contribution in [-0.4, -0.2) is 21.3 Å². The molecule has 0 spiro atoms. The Hall–Kier alpha value is -2.33. The molecule has 1 aliphatic rings. The van der Waals surface area contributed by atoms with E-state index in [0.717, 1.165) is 44.2 Å². The van der Waals surface area contributed by atoms with E-state index in [4.69, 9.17) is 9.51 Å². The highest BCUT2D eigenvalue weighted by Gasteiger charge is 2.24. The molecule has 0 saturated heterocycles. The third-order valence-electron chi connectivity index (χ3n) is 4.63. The first-order valence-corrected chi connectivity index (χ1v) is 10.3. The van der Waals surface area contributed by atoms with E-state index in [2.05, 4.69) is 23.5 Å². The quantitative estimate of drug-likeness (QED) is 0.711. The molecule has 6 nitrogen and oxygen atoms in total. The lowest BCUT2D eigenvalue weighted by atomic mass is 9.95. The Morgan fingerprint density at radius 3 is 2.93 bits per heavy atom. The Bertz CT molecular complexity index is 856. The van der Waals surface area contributed by atoms with Crippen molar-refractivity contribution < 1.29 is 9.32 Å². The minimum absolute atomic E-state index is 0.134. The second-order valence-corrected chi connectivity index (χ2v) is 8.02. The molecule has 1 amide bonds. The SMILES string of the molecule is CCCCC(Sc1nc2c(cc1C#N)CCCC2)C(=O)Nc1cc(C)on1. The molecule has 0 radical (unpaired) electrons. The Morgan fingerprint density at radius 1 is 1.41 bits per heavy atom. The van der Waals surface area contributed by atoms with Crippen LogP contribution in [0.5, 0.6) is 0 Å². The number of anilines is 1. The largest absolute Gasteiger partial charge is 0.360 e. The molecule has 0 aliphatic heterocycles. The number of amides is 1. The zero-order valence-corrected chi connectivity index (χ0v) is 16.6. The van der Waals surface area contributed by atoms with Crippen molar-refractivity contribution >= 4 is 23.5 Å². The molecule has 7 heteroatoms. The van der Waals surface area contributed by atoms with E-state index in [0.29, 0.717) is 28.6 Å². The van der Waals surface area contributed by atoms with Crippen molar-refractivity contribution in [3.8, 4) is 6.07 Å². The van der Waals surface area contributed by atoms with Gasteiger partial charge >= 0.3 is 0 Å². The number of hydrogen-bond donors (Lipinski definition) is 1. The molecule has 2 aromatic rings. The molecule has 1 atom stereocenters. The summed E-state index contributed by atoms with van der Waals surface area (Å²) in [6, 6.07) is 5.91. The highest BCUT2D eigenvalue weighted by atomic mass is 32.2. The maximum Gasteiger partial charge on any atom is 0.239 e. The van der Waals surface area contributed by atoms with Gasteiger partial charge in [-0.3, -0.25) is 4.79 Å². The van der Waals surface area contributed by atoms with Gasteiger partial charge < -0.3 is 9.84 Å². The van der Waals surface area contributed by atoms with E-state index >= 15 is 0 Å². The van der Waals surface area contributed by atoms with E-state index in [1.165, 1.54) is 17.3 Å². The molecule has 0 aromatic carbocycles. The van der Waals surface area contributed by atoms with Gasteiger partial charge in [-0.25, -0.2) is 4.98 Å². The van der Waals surface area contributed by atoms with Gasteiger partial charge in [0.15, 0.2) is 5.82 Å². The van der Waals surface area contributed by atoms with Crippen molar-refractivity contribution in [3.05, 3.63) is 34.7 Å². The number of fused-ring (bicyclic) bond motifs is 1. The molecule has 2 heterocycles.